The van der Waals surface area contributed by atoms with E-state index in [9.17, 15) is 9.18 Å². The largest absolute Gasteiger partial charge is 0.481 e. The third-order valence-corrected chi connectivity index (χ3v) is 4.06. The maximum Gasteiger partial charge on any atom is 0.303 e. The van der Waals surface area contributed by atoms with Gasteiger partial charge in [-0.2, -0.15) is 5.26 Å². The van der Waals surface area contributed by atoms with Crippen LogP contribution in [0, 0.1) is 23.1 Å². The summed E-state index contributed by atoms with van der Waals surface area (Å²) in [6.45, 7) is 2.31. The molecule has 5 heteroatoms. The van der Waals surface area contributed by atoms with Crippen molar-refractivity contribution >= 4 is 5.97 Å². The van der Waals surface area contributed by atoms with E-state index in [1.54, 1.807) is 0 Å². The molecular weight excluding hydrogens is 271 g/mol. The summed E-state index contributed by atoms with van der Waals surface area (Å²) in [5.41, 5.74) is 1.24. The van der Waals surface area contributed by atoms with Gasteiger partial charge in [0.15, 0.2) is 0 Å². The Hall–Kier alpha value is -1.93. The molecule has 21 heavy (non-hydrogen) atoms. The lowest BCUT2D eigenvalue weighted by Gasteiger charge is -2.32. The number of nitrogens with zero attached hydrogens (tertiary/aromatic N) is 2. The highest BCUT2D eigenvalue weighted by molar-refractivity contribution is 5.66. The number of hydrogen-bond acceptors (Lipinski definition) is 3. The zero-order valence-corrected chi connectivity index (χ0v) is 11.9. The maximum absolute atomic E-state index is 13.3. The molecule has 0 amide bonds. The van der Waals surface area contributed by atoms with Gasteiger partial charge in [-0.25, -0.2) is 4.39 Å². The molecule has 0 aromatic heterocycles. The molecule has 1 N–H and O–H groups in total. The van der Waals surface area contributed by atoms with Crippen molar-refractivity contribution in [3.8, 4) is 6.07 Å². The van der Waals surface area contributed by atoms with Crippen LogP contribution in [0.25, 0.3) is 0 Å². The molecule has 1 aliphatic rings. The second-order valence-electron chi connectivity index (χ2n) is 5.57. The number of carbonyl (C=O) groups is 1. The molecule has 4 nitrogen and oxygen atoms in total. The van der Waals surface area contributed by atoms with Gasteiger partial charge in [0.25, 0.3) is 0 Å². The van der Waals surface area contributed by atoms with Crippen LogP contribution in [0.1, 0.15) is 36.8 Å². The number of carboxylic acid groups (broad SMARTS) is 1. The molecule has 0 unspecified atom stereocenters. The highest BCUT2D eigenvalue weighted by Crippen LogP contribution is 2.24. The summed E-state index contributed by atoms with van der Waals surface area (Å²) < 4.78 is 13.3. The van der Waals surface area contributed by atoms with E-state index >= 15 is 0 Å². The first-order valence-corrected chi connectivity index (χ1v) is 7.21. The molecule has 0 bridgehead atoms. The molecular formula is C16H19FN2O2. The van der Waals surface area contributed by atoms with Crippen LogP contribution in [0.3, 0.4) is 0 Å². The number of halogens is 1. The average molecular weight is 290 g/mol. The van der Waals surface area contributed by atoms with E-state index in [1.807, 2.05) is 0 Å². The van der Waals surface area contributed by atoms with Crippen LogP contribution in [0.5, 0.6) is 0 Å². The molecule has 1 aromatic rings. The van der Waals surface area contributed by atoms with Crippen LogP contribution in [0.2, 0.25) is 0 Å². The van der Waals surface area contributed by atoms with E-state index in [4.69, 9.17) is 10.4 Å². The van der Waals surface area contributed by atoms with E-state index < -0.39 is 5.97 Å². The van der Waals surface area contributed by atoms with Crippen molar-refractivity contribution in [3.05, 3.63) is 35.1 Å². The summed E-state index contributed by atoms with van der Waals surface area (Å²) in [6.07, 6.45) is 2.88. The van der Waals surface area contributed by atoms with Crippen molar-refractivity contribution in [3.63, 3.8) is 0 Å². The Balaban J connectivity index is 1.88. The third kappa shape index (κ3) is 4.54. The molecule has 1 aliphatic heterocycles. The lowest BCUT2D eigenvalue weighted by molar-refractivity contribution is -0.137. The van der Waals surface area contributed by atoms with Crippen molar-refractivity contribution in [1.29, 1.82) is 5.26 Å². The summed E-state index contributed by atoms with van der Waals surface area (Å²) in [5.74, 6) is -0.600. The van der Waals surface area contributed by atoms with E-state index in [1.165, 1.54) is 18.2 Å². The van der Waals surface area contributed by atoms with Crippen molar-refractivity contribution in [2.45, 2.75) is 32.2 Å². The van der Waals surface area contributed by atoms with Gasteiger partial charge in [-0.05, 0) is 62.0 Å². The minimum Gasteiger partial charge on any atom is -0.481 e. The SMILES string of the molecule is N#Cc1ccc(F)cc1CN1CCC(CCC(=O)O)CC1. The van der Waals surface area contributed by atoms with Crippen molar-refractivity contribution in [2.24, 2.45) is 5.92 Å². The average Bonchev–Trinajstić information content (AvgIpc) is 2.47. The van der Waals surface area contributed by atoms with E-state index in [-0.39, 0.29) is 12.2 Å². The molecule has 1 fully saturated rings. The van der Waals surface area contributed by atoms with Crippen LogP contribution in [-0.2, 0) is 11.3 Å². The van der Waals surface area contributed by atoms with Crippen LogP contribution >= 0.6 is 0 Å². The molecule has 0 saturated carbocycles. The predicted octanol–water partition coefficient (Wildman–Crippen LogP) is 2.77. The highest BCUT2D eigenvalue weighted by Gasteiger charge is 2.20. The van der Waals surface area contributed by atoms with Gasteiger partial charge in [0.1, 0.15) is 5.82 Å². The molecule has 0 radical (unpaired) electrons. The molecule has 112 valence electrons. The van der Waals surface area contributed by atoms with Gasteiger partial charge in [-0.15, -0.1) is 0 Å². The quantitative estimate of drug-likeness (QED) is 0.905. The zero-order chi connectivity index (χ0) is 15.2. The first kappa shape index (κ1) is 15.5. The van der Waals surface area contributed by atoms with Gasteiger partial charge in [-0.3, -0.25) is 9.69 Å². The van der Waals surface area contributed by atoms with Gasteiger partial charge in [0.2, 0.25) is 0 Å². The van der Waals surface area contributed by atoms with Crippen molar-refractivity contribution < 1.29 is 14.3 Å². The standard InChI is InChI=1S/C16H19FN2O2/c17-15-3-2-13(10-18)14(9-15)11-19-7-5-12(6-8-19)1-4-16(20)21/h2-3,9,12H,1,4-8,11H2,(H,20,21). The Morgan fingerprint density at radius 1 is 1.43 bits per heavy atom. The molecule has 0 atom stereocenters. The lowest BCUT2D eigenvalue weighted by atomic mass is 9.92. The molecule has 2 rings (SSSR count). The second-order valence-corrected chi connectivity index (χ2v) is 5.57. The first-order valence-electron chi connectivity index (χ1n) is 7.21. The van der Waals surface area contributed by atoms with Crippen LogP contribution in [0.4, 0.5) is 4.39 Å². The van der Waals surface area contributed by atoms with E-state index in [2.05, 4.69) is 11.0 Å². The van der Waals surface area contributed by atoms with Gasteiger partial charge >= 0.3 is 5.97 Å². The lowest BCUT2D eigenvalue weighted by Crippen LogP contribution is -2.33. The minimum atomic E-state index is -0.740. The van der Waals surface area contributed by atoms with Gasteiger partial charge < -0.3 is 5.11 Å². The number of piperidine rings is 1. The summed E-state index contributed by atoms with van der Waals surface area (Å²) in [7, 11) is 0. The summed E-state index contributed by atoms with van der Waals surface area (Å²) in [4.78, 5) is 12.8. The zero-order valence-electron chi connectivity index (χ0n) is 11.9. The second kappa shape index (κ2) is 7.19. The molecule has 0 spiro atoms. The Labute approximate surface area is 123 Å². The fourth-order valence-electron chi connectivity index (χ4n) is 2.80. The molecule has 1 heterocycles. The van der Waals surface area contributed by atoms with Crippen molar-refractivity contribution in [2.75, 3.05) is 13.1 Å². The summed E-state index contributed by atoms with van der Waals surface area (Å²) >= 11 is 0. The molecule has 0 aliphatic carbocycles. The number of hydrogen-bond donors (Lipinski definition) is 1. The number of nitriles is 1. The Kier molecular flexibility index (Phi) is 5.29. The molecule has 1 saturated heterocycles. The Morgan fingerprint density at radius 3 is 2.76 bits per heavy atom. The smallest absolute Gasteiger partial charge is 0.303 e. The topological polar surface area (TPSA) is 64.3 Å². The van der Waals surface area contributed by atoms with E-state index in [0.29, 0.717) is 18.0 Å². The number of likely N-dealkylation sites (tertiary alicyclic amines) is 1. The van der Waals surface area contributed by atoms with Crippen LogP contribution in [-0.4, -0.2) is 29.1 Å². The number of rotatable bonds is 5. The van der Waals surface area contributed by atoms with Crippen molar-refractivity contribution in [1.82, 2.24) is 4.90 Å². The highest BCUT2D eigenvalue weighted by atomic mass is 19.1. The fourth-order valence-corrected chi connectivity index (χ4v) is 2.80. The maximum atomic E-state index is 13.3. The van der Waals surface area contributed by atoms with Gasteiger partial charge in [0, 0.05) is 13.0 Å². The summed E-state index contributed by atoms with van der Waals surface area (Å²) in [6, 6.07) is 6.34. The predicted molar refractivity (Wildman–Crippen MR) is 76.0 cm³/mol. The summed E-state index contributed by atoms with van der Waals surface area (Å²) in [5, 5.41) is 17.8. The minimum absolute atomic E-state index is 0.229. The number of benzene rings is 1. The van der Waals surface area contributed by atoms with Crippen LogP contribution in [0.15, 0.2) is 18.2 Å². The number of carboxylic acids is 1. The van der Waals surface area contributed by atoms with Gasteiger partial charge in [0.05, 0.1) is 11.6 Å². The monoisotopic (exact) mass is 290 g/mol. The Bertz CT molecular complexity index is 546. The first-order chi connectivity index (χ1) is 10.1. The fraction of sp³-hybridized carbons (Fsp3) is 0.500. The van der Waals surface area contributed by atoms with Crippen LogP contribution < -0.4 is 0 Å². The van der Waals surface area contributed by atoms with E-state index in [0.717, 1.165) is 37.9 Å². The third-order valence-electron chi connectivity index (χ3n) is 4.06. The normalized spacial score (nSPS) is 16.6. The van der Waals surface area contributed by atoms with Gasteiger partial charge in [-0.1, -0.05) is 0 Å². The Morgan fingerprint density at radius 2 is 2.14 bits per heavy atom. The molecule has 1 aromatic carbocycles. The number of aliphatic carboxylic acids is 1.